The Morgan fingerprint density at radius 1 is 1.56 bits per heavy atom. The molecule has 86 valence electrons. The fraction of sp³-hybridized carbons (Fsp3) is 0.300. The first-order chi connectivity index (χ1) is 7.58. The molecule has 1 amide bonds. The van der Waals surface area contributed by atoms with Crippen LogP contribution in [0.1, 0.15) is 6.92 Å². The summed E-state index contributed by atoms with van der Waals surface area (Å²) in [5.41, 5.74) is 0.682. The smallest absolute Gasteiger partial charge is 0.242 e. The van der Waals surface area contributed by atoms with Crippen molar-refractivity contribution in [1.29, 1.82) is 0 Å². The summed E-state index contributed by atoms with van der Waals surface area (Å²) < 4.78 is 5.01. The molecule has 0 saturated carbocycles. The molecule has 5 nitrogen and oxygen atoms in total. The van der Waals surface area contributed by atoms with Crippen molar-refractivity contribution >= 4 is 28.9 Å². The fourth-order valence-corrected chi connectivity index (χ4v) is 1.13. The number of methoxy groups -OCH3 is 1. The molecule has 6 heteroatoms. The number of carbonyl (C=O) groups excluding carboxylic acids is 1. The van der Waals surface area contributed by atoms with Crippen LogP contribution >= 0.6 is 11.6 Å². The van der Waals surface area contributed by atoms with Gasteiger partial charge in [0.05, 0.1) is 12.8 Å². The number of halogens is 1. The maximum Gasteiger partial charge on any atom is 0.242 e. The molecule has 0 spiro atoms. The average molecular weight is 243 g/mol. The molecule has 1 atom stereocenters. The van der Waals surface area contributed by atoms with Crippen LogP contribution in [0.15, 0.2) is 23.4 Å². The number of nitrogens with one attached hydrogen (secondary N) is 1. The number of ether oxygens (including phenoxy) is 1. The Labute approximate surface area is 97.7 Å². The summed E-state index contributed by atoms with van der Waals surface area (Å²) in [6, 6.07) is 4.44. The van der Waals surface area contributed by atoms with Crippen molar-refractivity contribution in [2.45, 2.75) is 12.3 Å². The second-order valence-corrected chi connectivity index (χ2v) is 3.74. The van der Waals surface area contributed by atoms with Gasteiger partial charge in [0.2, 0.25) is 5.91 Å². The van der Waals surface area contributed by atoms with Crippen molar-refractivity contribution in [3.05, 3.63) is 23.1 Å². The zero-order valence-electron chi connectivity index (χ0n) is 8.86. The number of hydrogen-bond acceptors (Lipinski definition) is 4. The van der Waals surface area contributed by atoms with Crippen LogP contribution in [0.3, 0.4) is 0 Å². The molecule has 1 unspecified atom stereocenters. The molecule has 0 aromatic heterocycles. The van der Waals surface area contributed by atoms with E-state index in [0.717, 1.165) is 0 Å². The summed E-state index contributed by atoms with van der Waals surface area (Å²) in [6.45, 7) is 1.56. The van der Waals surface area contributed by atoms with E-state index in [9.17, 15) is 9.70 Å². The summed E-state index contributed by atoms with van der Waals surface area (Å²) in [7, 11) is 1.43. The Bertz CT molecular complexity index is 407. The minimum atomic E-state index is -0.645. The quantitative estimate of drug-likeness (QED) is 0.652. The molecular formula is C10H11ClN2O3. The second-order valence-electron chi connectivity index (χ2n) is 3.08. The molecule has 1 rings (SSSR count). The summed E-state index contributed by atoms with van der Waals surface area (Å²) in [6.07, 6.45) is 0. The summed E-state index contributed by atoms with van der Waals surface area (Å²) >= 11 is 5.61. The number of anilines is 1. The highest BCUT2D eigenvalue weighted by atomic mass is 35.5. The lowest BCUT2D eigenvalue weighted by atomic mass is 10.2. The number of amides is 1. The zero-order chi connectivity index (χ0) is 12.1. The lowest BCUT2D eigenvalue weighted by Gasteiger charge is -2.10. The van der Waals surface area contributed by atoms with E-state index in [4.69, 9.17) is 16.3 Å². The largest absolute Gasteiger partial charge is 0.494 e. The van der Waals surface area contributed by atoms with Crippen molar-refractivity contribution in [2.75, 3.05) is 12.4 Å². The number of carbonyl (C=O) groups is 1. The van der Waals surface area contributed by atoms with Gasteiger partial charge in [-0.05, 0) is 24.2 Å². The van der Waals surface area contributed by atoms with Crippen LogP contribution in [0.5, 0.6) is 5.75 Å². The van der Waals surface area contributed by atoms with Crippen LogP contribution in [0.2, 0.25) is 0 Å². The monoisotopic (exact) mass is 242 g/mol. The van der Waals surface area contributed by atoms with Crippen LogP contribution < -0.4 is 10.1 Å². The van der Waals surface area contributed by atoms with E-state index >= 15 is 0 Å². The molecule has 16 heavy (non-hydrogen) atoms. The first kappa shape index (κ1) is 12.4. The Morgan fingerprint density at radius 2 is 2.25 bits per heavy atom. The van der Waals surface area contributed by atoms with Crippen LogP contribution in [0.25, 0.3) is 0 Å². The van der Waals surface area contributed by atoms with Crippen LogP contribution in [0.4, 0.5) is 11.4 Å². The van der Waals surface area contributed by atoms with Gasteiger partial charge in [-0.3, -0.25) is 4.79 Å². The Morgan fingerprint density at radius 3 is 2.75 bits per heavy atom. The number of nitroso groups, excluding NO2 is 1. The number of alkyl halides is 1. The van der Waals surface area contributed by atoms with Gasteiger partial charge in [-0.2, -0.15) is 0 Å². The summed E-state index contributed by atoms with van der Waals surface area (Å²) in [4.78, 5) is 21.7. The molecule has 0 aliphatic heterocycles. The van der Waals surface area contributed by atoms with Gasteiger partial charge in [0.25, 0.3) is 0 Å². The van der Waals surface area contributed by atoms with Crippen molar-refractivity contribution in [3.8, 4) is 5.75 Å². The van der Waals surface area contributed by atoms with E-state index in [0.29, 0.717) is 11.4 Å². The lowest BCUT2D eigenvalue weighted by molar-refractivity contribution is -0.115. The van der Waals surface area contributed by atoms with E-state index < -0.39 is 5.38 Å². The Hall–Kier alpha value is -1.62. The topological polar surface area (TPSA) is 67.8 Å². The number of benzene rings is 1. The van der Waals surface area contributed by atoms with Gasteiger partial charge in [0.15, 0.2) is 0 Å². The van der Waals surface area contributed by atoms with Gasteiger partial charge in [-0.1, -0.05) is 0 Å². The first-order valence-corrected chi connectivity index (χ1v) is 4.98. The number of nitrogens with zero attached hydrogens (tertiary/aromatic N) is 1. The molecule has 0 heterocycles. The number of rotatable bonds is 4. The molecule has 0 saturated heterocycles. The van der Waals surface area contributed by atoms with Crippen molar-refractivity contribution < 1.29 is 9.53 Å². The highest BCUT2D eigenvalue weighted by molar-refractivity contribution is 6.32. The van der Waals surface area contributed by atoms with Gasteiger partial charge in [0.1, 0.15) is 16.8 Å². The highest BCUT2D eigenvalue weighted by Gasteiger charge is 2.12. The molecule has 0 fully saturated rings. The van der Waals surface area contributed by atoms with E-state index in [-0.39, 0.29) is 11.6 Å². The minimum absolute atomic E-state index is 0.230. The molecule has 1 aromatic carbocycles. The Kier molecular flexibility index (Phi) is 4.25. The van der Waals surface area contributed by atoms with Crippen molar-refractivity contribution in [1.82, 2.24) is 0 Å². The molecule has 1 aromatic rings. The van der Waals surface area contributed by atoms with Gasteiger partial charge in [-0.15, -0.1) is 16.5 Å². The van der Waals surface area contributed by atoms with Crippen LogP contribution in [-0.2, 0) is 4.79 Å². The molecule has 0 aliphatic rings. The number of hydrogen-bond donors (Lipinski definition) is 1. The average Bonchev–Trinajstić information content (AvgIpc) is 2.29. The maximum absolute atomic E-state index is 11.4. The standard InChI is InChI=1S/C10H11ClN2O3/c1-6(11)10(14)12-8-4-3-7(13-15)5-9(8)16-2/h3-6H,1-2H3,(H,12,14). The third-order valence-electron chi connectivity index (χ3n) is 1.91. The first-order valence-electron chi connectivity index (χ1n) is 4.54. The zero-order valence-corrected chi connectivity index (χ0v) is 9.62. The third-order valence-corrected chi connectivity index (χ3v) is 2.11. The Balaban J connectivity index is 2.95. The van der Waals surface area contributed by atoms with Crippen molar-refractivity contribution in [3.63, 3.8) is 0 Å². The SMILES string of the molecule is COc1cc(N=O)ccc1NC(=O)C(C)Cl. The van der Waals surface area contributed by atoms with E-state index in [1.54, 1.807) is 6.92 Å². The van der Waals surface area contributed by atoms with Crippen molar-refractivity contribution in [2.24, 2.45) is 5.18 Å². The predicted octanol–water partition coefficient (Wildman–Crippen LogP) is 2.66. The van der Waals surface area contributed by atoms with Gasteiger partial charge in [-0.25, -0.2) is 0 Å². The maximum atomic E-state index is 11.4. The lowest BCUT2D eigenvalue weighted by Crippen LogP contribution is -2.20. The highest BCUT2D eigenvalue weighted by Crippen LogP contribution is 2.29. The predicted molar refractivity (Wildman–Crippen MR) is 62.4 cm³/mol. The third kappa shape index (κ3) is 2.93. The molecule has 0 aliphatic carbocycles. The molecule has 0 radical (unpaired) electrons. The van der Waals surface area contributed by atoms with Crippen LogP contribution in [0, 0.1) is 4.91 Å². The summed E-state index contributed by atoms with van der Waals surface area (Å²) in [5, 5.41) is 4.69. The second kappa shape index (κ2) is 5.46. The van der Waals surface area contributed by atoms with E-state index in [2.05, 4.69) is 10.5 Å². The van der Waals surface area contributed by atoms with Crippen LogP contribution in [-0.4, -0.2) is 18.4 Å². The van der Waals surface area contributed by atoms with E-state index in [1.165, 1.54) is 25.3 Å². The minimum Gasteiger partial charge on any atom is -0.494 e. The normalized spacial score (nSPS) is 11.7. The van der Waals surface area contributed by atoms with Gasteiger partial charge >= 0.3 is 0 Å². The molecular weight excluding hydrogens is 232 g/mol. The fourth-order valence-electron chi connectivity index (χ4n) is 1.07. The molecule has 1 N–H and O–H groups in total. The van der Waals surface area contributed by atoms with E-state index in [1.807, 2.05) is 0 Å². The van der Waals surface area contributed by atoms with Gasteiger partial charge in [0, 0.05) is 6.07 Å². The van der Waals surface area contributed by atoms with Gasteiger partial charge < -0.3 is 10.1 Å². The molecule has 0 bridgehead atoms. The summed E-state index contributed by atoms with van der Waals surface area (Å²) in [5.74, 6) is 0.0227.